The Balaban J connectivity index is 1.58. The predicted octanol–water partition coefficient (Wildman–Crippen LogP) is 5.59. The molecule has 0 amide bonds. The maximum atomic E-state index is 5.51. The molecule has 0 saturated carbocycles. The van der Waals surface area contributed by atoms with E-state index in [2.05, 4.69) is 85.7 Å². The number of hydrogen-bond donors (Lipinski definition) is 2. The molecule has 27 heavy (non-hydrogen) atoms. The molecule has 1 heterocycles. The number of hydrogen-bond acceptors (Lipinski definition) is 2. The summed E-state index contributed by atoms with van der Waals surface area (Å²) in [5, 5.41) is 7.35. The van der Waals surface area contributed by atoms with Crippen LogP contribution in [0.15, 0.2) is 42.5 Å². The lowest BCUT2D eigenvalue weighted by Crippen LogP contribution is -2.34. The number of nitrogens with one attached hydrogen (secondary N) is 2. The molecule has 0 aliphatic carbocycles. The van der Waals surface area contributed by atoms with Crippen LogP contribution in [0.2, 0.25) is 0 Å². The normalized spacial score (nSPS) is 18.1. The van der Waals surface area contributed by atoms with Crippen molar-refractivity contribution in [2.24, 2.45) is 5.92 Å². The smallest absolute Gasteiger partial charge is 0.171 e. The molecule has 1 aliphatic rings. The second-order valence-corrected chi connectivity index (χ2v) is 8.39. The maximum Gasteiger partial charge on any atom is 0.171 e. The summed E-state index contributed by atoms with van der Waals surface area (Å²) in [5.41, 5.74) is 6.07. The van der Waals surface area contributed by atoms with Crippen LogP contribution in [0.5, 0.6) is 0 Å². The second-order valence-electron chi connectivity index (χ2n) is 7.98. The molecule has 2 aromatic carbocycles. The predicted molar refractivity (Wildman–Crippen MR) is 121 cm³/mol. The van der Waals surface area contributed by atoms with Crippen LogP contribution in [-0.2, 0) is 0 Å². The first kappa shape index (κ1) is 19.7. The number of rotatable bonds is 4. The number of anilines is 2. The minimum atomic E-state index is 0.158. The summed E-state index contributed by atoms with van der Waals surface area (Å²) >= 11 is 5.51. The molecule has 0 bridgehead atoms. The second kappa shape index (κ2) is 8.75. The van der Waals surface area contributed by atoms with E-state index in [9.17, 15) is 0 Å². The lowest BCUT2D eigenvalue weighted by molar-refractivity contribution is 0.447. The van der Waals surface area contributed by atoms with Crippen molar-refractivity contribution >= 4 is 28.7 Å². The molecule has 3 rings (SSSR count). The molecule has 3 nitrogen and oxygen atoms in total. The van der Waals surface area contributed by atoms with Crippen LogP contribution in [0.4, 0.5) is 11.4 Å². The van der Waals surface area contributed by atoms with E-state index < -0.39 is 0 Å². The van der Waals surface area contributed by atoms with Gasteiger partial charge in [-0.1, -0.05) is 25.1 Å². The Bertz CT molecular complexity index is 764. The van der Waals surface area contributed by atoms with Gasteiger partial charge in [0.1, 0.15) is 0 Å². The Hall–Kier alpha value is -2.07. The van der Waals surface area contributed by atoms with Crippen LogP contribution in [0.3, 0.4) is 0 Å². The van der Waals surface area contributed by atoms with Gasteiger partial charge in [-0.3, -0.25) is 0 Å². The summed E-state index contributed by atoms with van der Waals surface area (Å²) < 4.78 is 0. The fraction of sp³-hybridized carbons (Fsp3) is 0.435. The van der Waals surface area contributed by atoms with Gasteiger partial charge in [0.05, 0.1) is 6.04 Å². The summed E-state index contributed by atoms with van der Waals surface area (Å²) in [7, 11) is 0. The van der Waals surface area contributed by atoms with E-state index in [0.29, 0.717) is 5.11 Å². The number of nitrogens with zero attached hydrogens (tertiary/aromatic N) is 1. The molecule has 4 heteroatoms. The lowest BCUT2D eigenvalue weighted by atomic mass is 9.99. The van der Waals surface area contributed by atoms with E-state index in [4.69, 9.17) is 12.2 Å². The molecule has 1 saturated heterocycles. The average Bonchev–Trinajstić information content (AvgIpc) is 2.60. The van der Waals surface area contributed by atoms with Gasteiger partial charge in [-0.05, 0) is 92.7 Å². The summed E-state index contributed by atoms with van der Waals surface area (Å²) in [5.74, 6) is 0.785. The number of aryl methyl sites for hydroxylation is 2. The van der Waals surface area contributed by atoms with Crippen LogP contribution >= 0.6 is 12.2 Å². The van der Waals surface area contributed by atoms with Gasteiger partial charge in [0.25, 0.3) is 0 Å². The zero-order chi connectivity index (χ0) is 19.4. The van der Waals surface area contributed by atoms with Gasteiger partial charge >= 0.3 is 0 Å². The van der Waals surface area contributed by atoms with Gasteiger partial charge < -0.3 is 15.5 Å². The zero-order valence-corrected chi connectivity index (χ0v) is 17.7. The van der Waals surface area contributed by atoms with E-state index in [0.717, 1.165) is 18.2 Å². The van der Waals surface area contributed by atoms with Crippen molar-refractivity contribution in [3.8, 4) is 0 Å². The van der Waals surface area contributed by atoms with Crippen molar-refractivity contribution in [2.45, 2.75) is 46.6 Å². The minimum Gasteiger partial charge on any atom is -0.371 e. The average molecular weight is 382 g/mol. The van der Waals surface area contributed by atoms with Crippen LogP contribution < -0.4 is 15.5 Å². The molecule has 2 N–H and O–H groups in total. The molecular formula is C23H31N3S. The Morgan fingerprint density at radius 1 is 1.11 bits per heavy atom. The quantitative estimate of drug-likeness (QED) is 0.675. The molecule has 1 fully saturated rings. The first-order valence-corrected chi connectivity index (χ1v) is 10.3. The fourth-order valence-corrected chi connectivity index (χ4v) is 4.19. The first-order valence-electron chi connectivity index (χ1n) is 9.91. The SMILES string of the molecule is Cc1cc(C)cc(NC(=S)NC(C)c2ccc(N3CCCC(C)C3)cc2)c1. The van der Waals surface area contributed by atoms with Crippen molar-refractivity contribution in [3.05, 3.63) is 59.2 Å². The summed E-state index contributed by atoms with van der Waals surface area (Å²) in [6.45, 7) is 11.0. The van der Waals surface area contributed by atoms with Crippen LogP contribution in [0.25, 0.3) is 0 Å². The Labute approximate surface area is 169 Å². The largest absolute Gasteiger partial charge is 0.371 e. The highest BCUT2D eigenvalue weighted by molar-refractivity contribution is 7.80. The number of thiocarbonyl (C=S) groups is 1. The Morgan fingerprint density at radius 3 is 2.41 bits per heavy atom. The van der Waals surface area contributed by atoms with E-state index in [-0.39, 0.29) is 6.04 Å². The van der Waals surface area contributed by atoms with Crippen molar-refractivity contribution in [2.75, 3.05) is 23.3 Å². The summed E-state index contributed by atoms with van der Waals surface area (Å²) in [4.78, 5) is 2.50. The summed E-state index contributed by atoms with van der Waals surface area (Å²) in [6, 6.07) is 15.5. The fourth-order valence-electron chi connectivity index (χ4n) is 3.89. The van der Waals surface area contributed by atoms with E-state index in [1.807, 2.05) is 0 Å². The monoisotopic (exact) mass is 381 g/mol. The van der Waals surface area contributed by atoms with E-state index >= 15 is 0 Å². The Morgan fingerprint density at radius 2 is 1.78 bits per heavy atom. The highest BCUT2D eigenvalue weighted by Crippen LogP contribution is 2.24. The third-order valence-electron chi connectivity index (χ3n) is 5.24. The summed E-state index contributed by atoms with van der Waals surface area (Å²) in [6.07, 6.45) is 2.64. The van der Waals surface area contributed by atoms with Gasteiger partial charge in [-0.15, -0.1) is 0 Å². The first-order chi connectivity index (χ1) is 12.9. The third kappa shape index (κ3) is 5.46. The van der Waals surface area contributed by atoms with Crippen LogP contribution in [-0.4, -0.2) is 18.2 Å². The number of benzene rings is 2. The molecule has 1 aliphatic heterocycles. The standard InChI is InChI=1S/C23H31N3S/c1-16-6-5-11-26(15-16)22-9-7-20(8-10-22)19(4)24-23(27)25-21-13-17(2)12-18(3)14-21/h7-10,12-14,16,19H,5-6,11,15H2,1-4H3,(H2,24,25,27). The van der Waals surface area contributed by atoms with Crippen molar-refractivity contribution in [1.29, 1.82) is 0 Å². The van der Waals surface area contributed by atoms with Crippen LogP contribution in [0.1, 0.15) is 49.4 Å². The van der Waals surface area contributed by atoms with E-state index in [1.54, 1.807) is 0 Å². The van der Waals surface area contributed by atoms with Crippen molar-refractivity contribution in [1.82, 2.24) is 5.32 Å². The molecule has 2 atom stereocenters. The topological polar surface area (TPSA) is 27.3 Å². The third-order valence-corrected chi connectivity index (χ3v) is 5.46. The van der Waals surface area contributed by atoms with Gasteiger partial charge in [-0.25, -0.2) is 0 Å². The lowest BCUT2D eigenvalue weighted by Gasteiger charge is -2.33. The van der Waals surface area contributed by atoms with E-state index in [1.165, 1.54) is 41.8 Å². The van der Waals surface area contributed by atoms with Crippen LogP contribution in [0, 0.1) is 19.8 Å². The maximum absolute atomic E-state index is 5.51. The van der Waals surface area contributed by atoms with Crippen molar-refractivity contribution < 1.29 is 0 Å². The zero-order valence-electron chi connectivity index (χ0n) is 16.9. The van der Waals surface area contributed by atoms with Gasteiger partial charge in [-0.2, -0.15) is 0 Å². The van der Waals surface area contributed by atoms with Gasteiger partial charge in [0.2, 0.25) is 0 Å². The molecular weight excluding hydrogens is 350 g/mol. The molecule has 2 unspecified atom stereocenters. The highest BCUT2D eigenvalue weighted by atomic mass is 32.1. The van der Waals surface area contributed by atoms with Gasteiger partial charge in [0.15, 0.2) is 5.11 Å². The molecule has 144 valence electrons. The Kier molecular flexibility index (Phi) is 6.38. The molecule has 2 aromatic rings. The molecule has 0 aromatic heterocycles. The molecule has 0 spiro atoms. The number of piperidine rings is 1. The van der Waals surface area contributed by atoms with Crippen molar-refractivity contribution in [3.63, 3.8) is 0 Å². The minimum absolute atomic E-state index is 0.158. The highest BCUT2D eigenvalue weighted by Gasteiger charge is 2.17. The molecule has 0 radical (unpaired) electrons. The van der Waals surface area contributed by atoms with Gasteiger partial charge in [0, 0.05) is 24.5 Å².